The molecule has 12 heteroatoms. The van der Waals surface area contributed by atoms with Gasteiger partial charge in [-0.25, -0.2) is 28.1 Å². The second-order valence-corrected chi connectivity index (χ2v) is 6.36. The van der Waals surface area contributed by atoms with E-state index in [4.69, 9.17) is 25.8 Å². The van der Waals surface area contributed by atoms with Crippen molar-refractivity contribution >= 4 is 39.1 Å². The summed E-state index contributed by atoms with van der Waals surface area (Å²) in [6.45, 7) is 1.03. The molecular formula is C16H12BrClF2N4O4. The molecule has 8 nitrogen and oxygen atoms in total. The zero-order chi connectivity index (χ0) is 20.3. The summed E-state index contributed by atoms with van der Waals surface area (Å²) in [7, 11) is 0. The van der Waals surface area contributed by atoms with E-state index in [1.165, 1.54) is 22.8 Å². The summed E-state index contributed by atoms with van der Waals surface area (Å²) < 4.78 is 41.9. The van der Waals surface area contributed by atoms with E-state index in [2.05, 4.69) is 31.0 Å². The van der Waals surface area contributed by atoms with Crippen molar-refractivity contribution in [3.8, 4) is 17.5 Å². The van der Waals surface area contributed by atoms with Crippen LogP contribution in [0.2, 0.25) is 5.02 Å². The first-order valence-corrected chi connectivity index (χ1v) is 9.03. The fraction of sp³-hybridized carbons (Fsp3) is 0.250. The Balaban J connectivity index is 1.91. The van der Waals surface area contributed by atoms with E-state index in [-0.39, 0.29) is 39.4 Å². The van der Waals surface area contributed by atoms with E-state index in [1.54, 1.807) is 13.0 Å². The van der Waals surface area contributed by atoms with E-state index in [1.807, 2.05) is 0 Å². The van der Waals surface area contributed by atoms with Crippen molar-refractivity contribution in [3.63, 3.8) is 0 Å². The van der Waals surface area contributed by atoms with E-state index in [9.17, 15) is 13.6 Å². The summed E-state index contributed by atoms with van der Waals surface area (Å²) in [5.41, 5.74) is 0.414. The largest absolute Gasteiger partial charge is 0.482 e. The van der Waals surface area contributed by atoms with Gasteiger partial charge in [0.05, 0.1) is 11.6 Å². The molecule has 3 aromatic rings. The van der Waals surface area contributed by atoms with Crippen LogP contribution in [-0.2, 0) is 4.74 Å². The van der Waals surface area contributed by atoms with Gasteiger partial charge in [-0.05, 0) is 28.9 Å². The molecule has 0 atom stereocenters. The lowest BCUT2D eigenvalue weighted by molar-refractivity contribution is 0.0519. The van der Waals surface area contributed by atoms with Crippen LogP contribution < -0.4 is 9.47 Å². The highest BCUT2D eigenvalue weighted by Gasteiger charge is 2.20. The molecule has 148 valence electrons. The smallest absolute Gasteiger partial charge is 0.359 e. The van der Waals surface area contributed by atoms with Gasteiger partial charge in [0.2, 0.25) is 5.88 Å². The van der Waals surface area contributed by atoms with Crippen LogP contribution in [0.3, 0.4) is 0 Å². The Morgan fingerprint density at radius 2 is 2.18 bits per heavy atom. The predicted octanol–water partition coefficient (Wildman–Crippen LogP) is 4.15. The van der Waals surface area contributed by atoms with E-state index < -0.39 is 19.0 Å². The molecule has 0 aliphatic carbocycles. The Hall–Kier alpha value is -2.53. The number of nitrogens with zero attached hydrogens (tertiary/aromatic N) is 4. The normalized spacial score (nSPS) is 11.1. The Morgan fingerprint density at radius 1 is 1.39 bits per heavy atom. The lowest BCUT2D eigenvalue weighted by Gasteiger charge is -2.11. The summed E-state index contributed by atoms with van der Waals surface area (Å²) in [5, 5.41) is 4.38. The minimum atomic E-state index is -2.68. The fourth-order valence-corrected chi connectivity index (χ4v) is 2.77. The second kappa shape index (κ2) is 8.65. The van der Waals surface area contributed by atoms with Crippen molar-refractivity contribution in [1.29, 1.82) is 0 Å². The van der Waals surface area contributed by atoms with Gasteiger partial charge in [-0.1, -0.05) is 11.6 Å². The maximum atomic E-state index is 12.4. The molecule has 0 bridgehead atoms. The molecule has 3 rings (SSSR count). The van der Waals surface area contributed by atoms with Gasteiger partial charge in [-0.15, -0.1) is 5.10 Å². The van der Waals surface area contributed by atoms with Crippen molar-refractivity contribution in [2.24, 2.45) is 0 Å². The SMILES string of the molecule is CCOC(=O)c1nc2ccc(Oc3ncc(Cl)cc3OCC(F)F)nn2c1Br. The average molecular weight is 478 g/mol. The lowest BCUT2D eigenvalue weighted by Crippen LogP contribution is -2.08. The Morgan fingerprint density at radius 3 is 2.89 bits per heavy atom. The zero-order valence-electron chi connectivity index (χ0n) is 14.2. The number of pyridine rings is 1. The minimum absolute atomic E-state index is 0.0528. The molecule has 0 radical (unpaired) electrons. The summed E-state index contributed by atoms with van der Waals surface area (Å²) in [6, 6.07) is 4.32. The zero-order valence-corrected chi connectivity index (χ0v) is 16.6. The fourth-order valence-electron chi connectivity index (χ4n) is 2.11. The summed E-state index contributed by atoms with van der Waals surface area (Å²) in [5.74, 6) is -0.715. The number of fused-ring (bicyclic) bond motifs is 1. The van der Waals surface area contributed by atoms with Crippen LogP contribution in [0.1, 0.15) is 17.4 Å². The highest BCUT2D eigenvalue weighted by Crippen LogP contribution is 2.31. The number of rotatable bonds is 7. The van der Waals surface area contributed by atoms with E-state index in [0.29, 0.717) is 5.65 Å². The number of ether oxygens (including phenoxy) is 3. The molecule has 0 aromatic carbocycles. The monoisotopic (exact) mass is 476 g/mol. The van der Waals surface area contributed by atoms with Crippen LogP contribution in [0.25, 0.3) is 5.65 Å². The Bertz CT molecular complexity index is 1020. The molecule has 0 N–H and O–H groups in total. The first kappa shape index (κ1) is 20.2. The van der Waals surface area contributed by atoms with Crippen LogP contribution in [0, 0.1) is 0 Å². The molecule has 0 spiro atoms. The summed E-state index contributed by atoms with van der Waals surface area (Å²) in [4.78, 5) is 20.0. The first-order chi connectivity index (χ1) is 13.4. The number of carbonyl (C=O) groups excluding carboxylic acids is 1. The number of hydrogen-bond donors (Lipinski definition) is 0. The van der Waals surface area contributed by atoms with Gasteiger partial charge in [0, 0.05) is 18.3 Å². The highest BCUT2D eigenvalue weighted by molar-refractivity contribution is 9.10. The Labute approximate surface area is 170 Å². The standard InChI is InChI=1S/C16H12BrClF2N4O4/c1-2-26-16(25)13-14(17)24-11(22-13)3-4-12(23-24)28-15-9(27-7-10(19)20)5-8(18)6-21-15/h3-6,10H,2,7H2,1H3. The van der Waals surface area contributed by atoms with Gasteiger partial charge in [-0.3, -0.25) is 0 Å². The van der Waals surface area contributed by atoms with Gasteiger partial charge < -0.3 is 14.2 Å². The predicted molar refractivity (Wildman–Crippen MR) is 97.5 cm³/mol. The van der Waals surface area contributed by atoms with Crippen molar-refractivity contribution in [3.05, 3.63) is 39.7 Å². The number of aromatic nitrogens is 4. The highest BCUT2D eigenvalue weighted by atomic mass is 79.9. The average Bonchev–Trinajstić information content (AvgIpc) is 2.98. The van der Waals surface area contributed by atoms with Crippen molar-refractivity contribution in [2.75, 3.05) is 13.2 Å². The number of esters is 1. The number of hydrogen-bond acceptors (Lipinski definition) is 7. The van der Waals surface area contributed by atoms with Gasteiger partial charge in [0.1, 0.15) is 11.2 Å². The Kier molecular flexibility index (Phi) is 6.25. The molecule has 0 saturated carbocycles. The molecule has 0 aliphatic heterocycles. The third kappa shape index (κ3) is 4.47. The van der Waals surface area contributed by atoms with Crippen molar-refractivity contribution in [1.82, 2.24) is 19.6 Å². The van der Waals surface area contributed by atoms with Crippen LogP contribution in [0.15, 0.2) is 29.0 Å². The van der Waals surface area contributed by atoms with Gasteiger partial charge in [0.15, 0.2) is 17.1 Å². The molecule has 3 heterocycles. The van der Waals surface area contributed by atoms with Crippen molar-refractivity contribution in [2.45, 2.75) is 13.3 Å². The molecule has 0 aliphatic rings. The maximum Gasteiger partial charge on any atom is 0.359 e. The van der Waals surface area contributed by atoms with Crippen molar-refractivity contribution < 1.29 is 27.8 Å². The molecule has 0 amide bonds. The number of halogens is 4. The maximum absolute atomic E-state index is 12.4. The van der Waals surface area contributed by atoms with Gasteiger partial charge in [-0.2, -0.15) is 0 Å². The second-order valence-electron chi connectivity index (χ2n) is 5.17. The molecule has 0 saturated heterocycles. The molecule has 3 aromatic heterocycles. The van der Waals surface area contributed by atoms with Crippen LogP contribution in [0.5, 0.6) is 17.5 Å². The minimum Gasteiger partial charge on any atom is -0.482 e. The number of carbonyl (C=O) groups is 1. The van der Waals surface area contributed by atoms with E-state index in [0.717, 1.165) is 0 Å². The lowest BCUT2D eigenvalue weighted by atomic mass is 10.4. The topological polar surface area (TPSA) is 87.8 Å². The third-order valence-corrected chi connectivity index (χ3v) is 4.14. The van der Waals surface area contributed by atoms with Crippen LogP contribution in [-0.4, -0.2) is 45.2 Å². The molecule has 0 unspecified atom stereocenters. The number of imidazole rings is 1. The molecule has 28 heavy (non-hydrogen) atoms. The molecule has 0 fully saturated rings. The molecular weight excluding hydrogens is 466 g/mol. The van der Waals surface area contributed by atoms with Crippen LogP contribution in [0.4, 0.5) is 8.78 Å². The van der Waals surface area contributed by atoms with E-state index >= 15 is 0 Å². The van der Waals surface area contributed by atoms with Gasteiger partial charge in [0.25, 0.3) is 12.3 Å². The van der Waals surface area contributed by atoms with Crippen LogP contribution >= 0.6 is 27.5 Å². The summed E-state index contributed by atoms with van der Waals surface area (Å²) >= 11 is 9.08. The van der Waals surface area contributed by atoms with Gasteiger partial charge >= 0.3 is 5.97 Å². The quantitative estimate of drug-likeness (QED) is 0.472. The summed E-state index contributed by atoms with van der Waals surface area (Å²) in [6.07, 6.45) is -1.40. The third-order valence-electron chi connectivity index (χ3n) is 3.22. The first-order valence-electron chi connectivity index (χ1n) is 7.85. The number of alkyl halides is 2.